The van der Waals surface area contributed by atoms with Gasteiger partial charge in [0.05, 0.1) is 23.6 Å². The number of benzene rings is 3. The Morgan fingerprint density at radius 3 is 1.70 bits per heavy atom. The van der Waals surface area contributed by atoms with Crippen LogP contribution in [0.15, 0.2) is 79.0 Å². The number of nitrogens with two attached hydrogens (primary N) is 1. The predicted molar refractivity (Wildman–Crippen MR) is 189 cm³/mol. The molecule has 0 saturated carbocycles. The topological polar surface area (TPSA) is 149 Å². The second-order valence-corrected chi connectivity index (χ2v) is 15.7. The summed E-state index contributed by atoms with van der Waals surface area (Å²) in [5.41, 5.74) is 11.4. The van der Waals surface area contributed by atoms with E-state index in [9.17, 15) is 21.6 Å². The number of piperazine rings is 2. The first-order chi connectivity index (χ1) is 22.3. The lowest BCUT2D eigenvalue weighted by Crippen LogP contribution is -2.48. The van der Waals surface area contributed by atoms with Gasteiger partial charge in [-0.25, -0.2) is 16.8 Å². The van der Waals surface area contributed by atoms with E-state index in [2.05, 4.69) is 20.1 Å². The van der Waals surface area contributed by atoms with Gasteiger partial charge >= 0.3 is 0 Å². The van der Waals surface area contributed by atoms with Crippen molar-refractivity contribution < 1.29 is 21.6 Å². The smallest absolute Gasteiger partial charge is 0.257 e. The van der Waals surface area contributed by atoms with E-state index < -0.39 is 20.0 Å². The molecule has 12 nitrogen and oxygen atoms in total. The van der Waals surface area contributed by atoms with Crippen LogP contribution in [0.3, 0.4) is 0 Å². The Kier molecular flexibility index (Phi) is 10.3. The molecular formula is C33H41N7O5S2. The Hall–Kier alpha value is -4.24. The minimum atomic E-state index is -3.14. The zero-order chi connectivity index (χ0) is 33.8. The number of fused-ring (bicyclic) bond motifs is 1. The van der Waals surface area contributed by atoms with Crippen LogP contribution in [-0.2, 0) is 20.0 Å². The number of amides is 1. The van der Waals surface area contributed by atoms with E-state index in [1.807, 2.05) is 79.7 Å². The minimum absolute atomic E-state index is 0.197. The standard InChI is InChI=1S/C22H24N4O3S.C11H17N3O2S/c1-16-14-17-4-3-9-23-21(17)20(15-16)22(27)24-18-5-7-19(8-6-18)25-10-12-26(13-11-25)30(2,28)29;1-17(15,16)14-8-6-13(7-9-14)11-4-2-10(12)3-5-11/h3-9,14-15H,10-13H2,1-2H3,(H,24,27);2-5H,6-9,12H2,1H3. The second-order valence-electron chi connectivity index (χ2n) is 11.8. The van der Waals surface area contributed by atoms with Crippen molar-refractivity contribution in [2.45, 2.75) is 6.92 Å². The number of aryl methyl sites for hydroxylation is 1. The van der Waals surface area contributed by atoms with Gasteiger partial charge in [0.1, 0.15) is 0 Å². The van der Waals surface area contributed by atoms with Crippen molar-refractivity contribution in [3.05, 3.63) is 90.1 Å². The average molecular weight is 680 g/mol. The van der Waals surface area contributed by atoms with Crippen molar-refractivity contribution >= 4 is 59.6 Å². The summed E-state index contributed by atoms with van der Waals surface area (Å²) in [5, 5.41) is 3.89. The molecule has 0 bridgehead atoms. The largest absolute Gasteiger partial charge is 0.399 e. The highest BCUT2D eigenvalue weighted by Gasteiger charge is 2.24. The molecule has 0 spiro atoms. The molecule has 3 aromatic carbocycles. The molecule has 6 rings (SSSR count). The maximum atomic E-state index is 12.9. The number of sulfonamides is 2. The molecule has 0 radical (unpaired) electrons. The number of hydrogen-bond donors (Lipinski definition) is 2. The molecule has 2 aliphatic rings. The van der Waals surface area contributed by atoms with Gasteiger partial charge in [0.2, 0.25) is 20.0 Å². The normalized spacial score (nSPS) is 16.4. The Morgan fingerprint density at radius 2 is 1.21 bits per heavy atom. The number of rotatable bonds is 6. The number of nitrogen functional groups attached to an aromatic ring is 1. The lowest BCUT2D eigenvalue weighted by Gasteiger charge is -2.34. The van der Waals surface area contributed by atoms with Crippen LogP contribution in [-0.4, -0.2) is 101 Å². The van der Waals surface area contributed by atoms with Crippen molar-refractivity contribution in [3.63, 3.8) is 0 Å². The first-order valence-corrected chi connectivity index (χ1v) is 19.0. The molecule has 4 aromatic rings. The molecule has 3 heterocycles. The molecular weight excluding hydrogens is 639 g/mol. The van der Waals surface area contributed by atoms with E-state index in [1.165, 1.54) is 21.1 Å². The van der Waals surface area contributed by atoms with E-state index in [4.69, 9.17) is 5.73 Å². The zero-order valence-electron chi connectivity index (χ0n) is 26.8. The van der Waals surface area contributed by atoms with Crippen molar-refractivity contribution in [1.82, 2.24) is 13.6 Å². The molecule has 14 heteroatoms. The minimum Gasteiger partial charge on any atom is -0.399 e. The van der Waals surface area contributed by atoms with E-state index in [0.717, 1.165) is 41.1 Å². The highest BCUT2D eigenvalue weighted by molar-refractivity contribution is 7.88. The van der Waals surface area contributed by atoms with Crippen LogP contribution < -0.4 is 20.9 Å². The van der Waals surface area contributed by atoms with Crippen LogP contribution in [0.25, 0.3) is 10.9 Å². The summed E-state index contributed by atoms with van der Waals surface area (Å²) in [6, 6.07) is 22.9. The highest BCUT2D eigenvalue weighted by atomic mass is 32.2. The average Bonchev–Trinajstić information content (AvgIpc) is 3.05. The highest BCUT2D eigenvalue weighted by Crippen LogP contribution is 2.23. The van der Waals surface area contributed by atoms with E-state index in [-0.39, 0.29) is 5.91 Å². The quantitative estimate of drug-likeness (QED) is 0.293. The number of aromatic nitrogens is 1. The Labute approximate surface area is 276 Å². The molecule has 2 fully saturated rings. The third-order valence-corrected chi connectivity index (χ3v) is 10.9. The summed E-state index contributed by atoms with van der Waals surface area (Å²) in [6.45, 7) is 6.72. The van der Waals surface area contributed by atoms with Crippen LogP contribution in [0.5, 0.6) is 0 Å². The SMILES string of the molecule is CS(=O)(=O)N1CCN(c2ccc(N)cc2)CC1.Cc1cc(C(=O)Nc2ccc(N3CCN(S(C)(=O)=O)CC3)cc2)c2ncccc2c1. The lowest BCUT2D eigenvalue weighted by atomic mass is 10.1. The van der Waals surface area contributed by atoms with Gasteiger partial charge in [-0.2, -0.15) is 8.61 Å². The van der Waals surface area contributed by atoms with E-state index in [1.54, 1.807) is 6.20 Å². The summed E-state index contributed by atoms with van der Waals surface area (Å²) >= 11 is 0. The molecule has 47 heavy (non-hydrogen) atoms. The maximum absolute atomic E-state index is 12.9. The van der Waals surface area contributed by atoms with Crippen LogP contribution in [0.2, 0.25) is 0 Å². The Morgan fingerprint density at radius 1 is 0.723 bits per heavy atom. The van der Waals surface area contributed by atoms with Gasteiger partial charge in [-0.3, -0.25) is 9.78 Å². The molecule has 0 unspecified atom stereocenters. The van der Waals surface area contributed by atoms with Gasteiger partial charge in [-0.1, -0.05) is 6.07 Å². The van der Waals surface area contributed by atoms with Gasteiger partial charge in [0, 0.05) is 86.7 Å². The maximum Gasteiger partial charge on any atom is 0.257 e. The van der Waals surface area contributed by atoms with Gasteiger partial charge in [0.15, 0.2) is 0 Å². The molecule has 1 amide bonds. The lowest BCUT2D eigenvalue weighted by molar-refractivity contribution is 0.102. The summed E-state index contributed by atoms with van der Waals surface area (Å²) in [5.74, 6) is -0.197. The number of nitrogens with zero attached hydrogens (tertiary/aromatic N) is 5. The predicted octanol–water partition coefficient (Wildman–Crippen LogP) is 3.23. The molecule has 1 aromatic heterocycles. The first kappa shape index (κ1) is 34.1. The number of carbonyl (C=O) groups excluding carboxylic acids is 1. The molecule has 0 aliphatic carbocycles. The molecule has 3 N–H and O–H groups in total. The second kappa shape index (κ2) is 14.3. The summed E-state index contributed by atoms with van der Waals surface area (Å²) in [4.78, 5) is 21.6. The van der Waals surface area contributed by atoms with Gasteiger partial charge < -0.3 is 20.9 Å². The fourth-order valence-electron chi connectivity index (χ4n) is 5.71. The molecule has 250 valence electrons. The van der Waals surface area contributed by atoms with Crippen LogP contribution >= 0.6 is 0 Å². The van der Waals surface area contributed by atoms with Crippen molar-refractivity contribution in [1.29, 1.82) is 0 Å². The number of pyridine rings is 1. The van der Waals surface area contributed by atoms with Crippen LogP contribution in [0.1, 0.15) is 15.9 Å². The molecule has 2 aliphatic heterocycles. The van der Waals surface area contributed by atoms with Crippen LogP contribution in [0.4, 0.5) is 22.7 Å². The summed E-state index contributed by atoms with van der Waals surface area (Å²) < 4.78 is 49.1. The van der Waals surface area contributed by atoms with Crippen LogP contribution in [0, 0.1) is 6.92 Å². The number of hydrogen-bond acceptors (Lipinski definition) is 9. The third kappa shape index (κ3) is 8.77. The monoisotopic (exact) mass is 679 g/mol. The van der Waals surface area contributed by atoms with Gasteiger partial charge in [-0.05, 0) is 79.2 Å². The van der Waals surface area contributed by atoms with Gasteiger partial charge in [0.25, 0.3) is 5.91 Å². The van der Waals surface area contributed by atoms with Gasteiger partial charge in [-0.15, -0.1) is 0 Å². The fraction of sp³-hybridized carbons (Fsp3) is 0.333. The summed E-state index contributed by atoms with van der Waals surface area (Å²) in [7, 11) is -6.19. The van der Waals surface area contributed by atoms with E-state index in [0.29, 0.717) is 56.0 Å². The number of nitrogens with one attached hydrogen (secondary N) is 1. The van der Waals surface area contributed by atoms with E-state index >= 15 is 0 Å². The van der Waals surface area contributed by atoms with Crippen molar-refractivity contribution in [3.8, 4) is 0 Å². The third-order valence-electron chi connectivity index (χ3n) is 8.26. The Balaban J connectivity index is 0.000000216. The molecule has 0 atom stereocenters. The Bertz CT molecular complexity index is 1920. The fourth-order valence-corrected chi connectivity index (χ4v) is 7.36. The number of carbonyl (C=O) groups is 1. The zero-order valence-corrected chi connectivity index (χ0v) is 28.5. The number of anilines is 4. The van der Waals surface area contributed by atoms with Crippen molar-refractivity contribution in [2.24, 2.45) is 0 Å². The van der Waals surface area contributed by atoms with Crippen molar-refractivity contribution in [2.75, 3.05) is 85.7 Å². The summed E-state index contributed by atoms with van der Waals surface area (Å²) in [6.07, 6.45) is 4.19. The first-order valence-electron chi connectivity index (χ1n) is 15.3. The molecule has 2 saturated heterocycles.